The Morgan fingerprint density at radius 2 is 2.15 bits per heavy atom. The van der Waals surface area contributed by atoms with E-state index in [0.717, 1.165) is 49.7 Å². The predicted molar refractivity (Wildman–Crippen MR) is 101 cm³/mol. The minimum absolute atomic E-state index is 0.190. The van der Waals surface area contributed by atoms with Crippen LogP contribution in [0.4, 0.5) is 11.6 Å². The maximum absolute atomic E-state index is 12.2. The molecule has 0 spiro atoms. The minimum Gasteiger partial charge on any atom is -0.384 e. The van der Waals surface area contributed by atoms with Crippen molar-refractivity contribution < 1.29 is 9.53 Å². The number of piperidine rings is 1. The van der Waals surface area contributed by atoms with E-state index < -0.39 is 0 Å². The number of likely N-dealkylation sites (tertiary alicyclic amines) is 1. The molecule has 1 atom stereocenters. The van der Waals surface area contributed by atoms with E-state index in [9.17, 15) is 4.79 Å². The Hall–Kier alpha value is -2.47. The fraction of sp³-hybridized carbons (Fsp3) is 0.450. The summed E-state index contributed by atoms with van der Waals surface area (Å²) in [5.74, 6) is 2.22. The first-order valence-electron chi connectivity index (χ1n) is 9.15. The molecule has 1 aliphatic rings. The van der Waals surface area contributed by atoms with Gasteiger partial charge >= 0.3 is 0 Å². The summed E-state index contributed by atoms with van der Waals surface area (Å²) in [5.41, 5.74) is 1.04. The van der Waals surface area contributed by atoms with Crippen molar-refractivity contribution in [2.24, 2.45) is 5.92 Å². The van der Waals surface area contributed by atoms with E-state index in [2.05, 4.69) is 16.4 Å². The highest BCUT2D eigenvalue weighted by atomic mass is 16.5. The molecule has 1 aliphatic heterocycles. The first-order chi connectivity index (χ1) is 12.7. The van der Waals surface area contributed by atoms with Gasteiger partial charge in [-0.15, -0.1) is 0 Å². The number of amides is 1. The molecule has 3 rings (SSSR count). The summed E-state index contributed by atoms with van der Waals surface area (Å²) >= 11 is 0. The van der Waals surface area contributed by atoms with E-state index in [1.54, 1.807) is 13.3 Å². The normalized spacial score (nSPS) is 17.1. The molecule has 6 nitrogen and oxygen atoms in total. The smallest absolute Gasteiger partial charge is 0.224 e. The SMILES string of the molecule is COCCC(=O)N1CCC[C@H](Cc2cccc(Nc3ccccn3)n2)C1. The number of hydrogen-bond donors (Lipinski definition) is 1. The second kappa shape index (κ2) is 9.29. The van der Waals surface area contributed by atoms with Crippen LogP contribution in [0.1, 0.15) is 25.0 Å². The third-order valence-electron chi connectivity index (χ3n) is 4.62. The van der Waals surface area contributed by atoms with Crippen molar-refractivity contribution in [2.45, 2.75) is 25.7 Å². The molecule has 0 bridgehead atoms. The van der Waals surface area contributed by atoms with Crippen molar-refractivity contribution in [3.05, 3.63) is 48.3 Å². The lowest BCUT2D eigenvalue weighted by molar-refractivity contribution is -0.133. The molecule has 0 aliphatic carbocycles. The van der Waals surface area contributed by atoms with E-state index in [-0.39, 0.29) is 5.91 Å². The molecular weight excluding hydrogens is 328 g/mol. The third kappa shape index (κ3) is 5.26. The summed E-state index contributed by atoms with van der Waals surface area (Å²) in [6, 6.07) is 11.8. The van der Waals surface area contributed by atoms with Gasteiger partial charge in [0.2, 0.25) is 5.91 Å². The average molecular weight is 354 g/mol. The molecule has 3 heterocycles. The van der Waals surface area contributed by atoms with Crippen molar-refractivity contribution in [2.75, 3.05) is 32.1 Å². The molecule has 0 radical (unpaired) electrons. The number of rotatable bonds is 7. The van der Waals surface area contributed by atoms with Crippen molar-refractivity contribution >= 4 is 17.5 Å². The Morgan fingerprint density at radius 1 is 1.27 bits per heavy atom. The number of aromatic nitrogens is 2. The maximum atomic E-state index is 12.2. The van der Waals surface area contributed by atoms with Gasteiger partial charge in [0.15, 0.2) is 0 Å². The first-order valence-corrected chi connectivity index (χ1v) is 9.15. The number of pyridine rings is 2. The molecule has 0 saturated carbocycles. The number of methoxy groups -OCH3 is 1. The Kier molecular flexibility index (Phi) is 6.55. The number of carbonyl (C=O) groups excluding carboxylic acids is 1. The highest BCUT2D eigenvalue weighted by Gasteiger charge is 2.23. The second-order valence-corrected chi connectivity index (χ2v) is 6.65. The zero-order valence-corrected chi connectivity index (χ0v) is 15.2. The summed E-state index contributed by atoms with van der Waals surface area (Å²) in [7, 11) is 1.63. The largest absolute Gasteiger partial charge is 0.384 e. The summed E-state index contributed by atoms with van der Waals surface area (Å²) in [6.07, 6.45) is 5.28. The van der Waals surface area contributed by atoms with Crippen LogP contribution < -0.4 is 5.32 Å². The highest BCUT2D eigenvalue weighted by Crippen LogP contribution is 2.22. The number of ether oxygens (including phenoxy) is 1. The van der Waals surface area contributed by atoms with E-state index in [0.29, 0.717) is 18.9 Å². The van der Waals surface area contributed by atoms with Crippen molar-refractivity contribution in [1.82, 2.24) is 14.9 Å². The zero-order valence-electron chi connectivity index (χ0n) is 15.2. The van der Waals surface area contributed by atoms with Gasteiger partial charge in [0.1, 0.15) is 11.6 Å². The standard InChI is InChI=1S/C20H26N4O2/c1-26-13-10-20(25)24-12-5-6-16(15-24)14-17-7-4-9-19(22-17)23-18-8-2-3-11-21-18/h2-4,7-9,11,16H,5-6,10,12-15H2,1H3,(H,21,22,23)/t16-/m1/s1. The number of hydrogen-bond acceptors (Lipinski definition) is 5. The third-order valence-corrected chi connectivity index (χ3v) is 4.62. The van der Waals surface area contributed by atoms with Crippen LogP contribution in [0.25, 0.3) is 0 Å². The number of anilines is 2. The Bertz CT molecular complexity index is 708. The fourth-order valence-corrected chi connectivity index (χ4v) is 3.33. The first kappa shape index (κ1) is 18.3. The van der Waals surface area contributed by atoms with Crippen LogP contribution in [0.3, 0.4) is 0 Å². The molecule has 1 saturated heterocycles. The number of nitrogens with zero attached hydrogens (tertiary/aromatic N) is 3. The molecule has 138 valence electrons. The van der Waals surface area contributed by atoms with Crippen LogP contribution in [0.15, 0.2) is 42.6 Å². The molecule has 2 aromatic heterocycles. The lowest BCUT2D eigenvalue weighted by Crippen LogP contribution is -2.40. The summed E-state index contributed by atoms with van der Waals surface area (Å²) in [4.78, 5) is 23.2. The van der Waals surface area contributed by atoms with Crippen LogP contribution in [-0.4, -0.2) is 47.6 Å². The van der Waals surface area contributed by atoms with E-state index in [1.807, 2.05) is 35.2 Å². The van der Waals surface area contributed by atoms with Gasteiger partial charge in [-0.3, -0.25) is 4.79 Å². The van der Waals surface area contributed by atoms with Gasteiger partial charge in [-0.2, -0.15) is 0 Å². The molecule has 0 unspecified atom stereocenters. The summed E-state index contributed by atoms with van der Waals surface area (Å²) < 4.78 is 5.02. The van der Waals surface area contributed by atoms with Crippen LogP contribution >= 0.6 is 0 Å². The second-order valence-electron chi connectivity index (χ2n) is 6.65. The number of nitrogens with one attached hydrogen (secondary N) is 1. The zero-order chi connectivity index (χ0) is 18.2. The quantitative estimate of drug-likeness (QED) is 0.828. The molecule has 0 aromatic carbocycles. The van der Waals surface area contributed by atoms with Gasteiger partial charge in [0.25, 0.3) is 0 Å². The van der Waals surface area contributed by atoms with Crippen molar-refractivity contribution in [3.63, 3.8) is 0 Å². The van der Waals surface area contributed by atoms with Crippen LogP contribution in [0, 0.1) is 5.92 Å². The van der Waals surface area contributed by atoms with Gasteiger partial charge in [-0.05, 0) is 49.4 Å². The summed E-state index contributed by atoms with van der Waals surface area (Å²) in [6.45, 7) is 2.15. The lowest BCUT2D eigenvalue weighted by Gasteiger charge is -2.32. The molecule has 1 amide bonds. The van der Waals surface area contributed by atoms with E-state index in [1.165, 1.54) is 0 Å². The van der Waals surface area contributed by atoms with Gasteiger partial charge in [-0.25, -0.2) is 9.97 Å². The molecule has 2 aromatic rings. The van der Waals surface area contributed by atoms with Crippen LogP contribution in [0.5, 0.6) is 0 Å². The maximum Gasteiger partial charge on any atom is 0.224 e. The molecule has 1 N–H and O–H groups in total. The topological polar surface area (TPSA) is 67.3 Å². The Balaban J connectivity index is 1.58. The Morgan fingerprint density at radius 3 is 2.96 bits per heavy atom. The molecule has 1 fully saturated rings. The van der Waals surface area contributed by atoms with Gasteiger partial charge in [-0.1, -0.05) is 12.1 Å². The van der Waals surface area contributed by atoms with Crippen molar-refractivity contribution in [3.8, 4) is 0 Å². The fourth-order valence-electron chi connectivity index (χ4n) is 3.33. The average Bonchev–Trinajstić information content (AvgIpc) is 2.67. The predicted octanol–water partition coefficient (Wildman–Crippen LogP) is 3.04. The molecule has 26 heavy (non-hydrogen) atoms. The van der Waals surface area contributed by atoms with Crippen LogP contribution in [0.2, 0.25) is 0 Å². The minimum atomic E-state index is 0.190. The summed E-state index contributed by atoms with van der Waals surface area (Å²) in [5, 5.41) is 3.23. The van der Waals surface area contributed by atoms with E-state index in [4.69, 9.17) is 9.72 Å². The van der Waals surface area contributed by atoms with Crippen molar-refractivity contribution in [1.29, 1.82) is 0 Å². The van der Waals surface area contributed by atoms with Crippen LogP contribution in [-0.2, 0) is 16.0 Å². The highest BCUT2D eigenvalue weighted by molar-refractivity contribution is 5.76. The monoisotopic (exact) mass is 354 g/mol. The van der Waals surface area contributed by atoms with Gasteiger partial charge in [0.05, 0.1) is 13.0 Å². The van der Waals surface area contributed by atoms with E-state index >= 15 is 0 Å². The van der Waals surface area contributed by atoms with Gasteiger partial charge in [0, 0.05) is 32.1 Å². The molecule has 6 heteroatoms. The Labute approximate surface area is 154 Å². The van der Waals surface area contributed by atoms with Gasteiger partial charge < -0.3 is 15.0 Å². The molecular formula is C20H26N4O2. The lowest BCUT2D eigenvalue weighted by atomic mass is 9.93. The number of carbonyl (C=O) groups is 1.